The number of allylic oxidation sites excluding steroid dienone is 1. The smallest absolute Gasteiger partial charge is 0.339 e. The van der Waals surface area contributed by atoms with Crippen molar-refractivity contribution >= 4 is 22.9 Å². The third-order valence-corrected chi connectivity index (χ3v) is 10.8. The van der Waals surface area contributed by atoms with E-state index in [0.717, 1.165) is 35.1 Å². The number of rotatable bonds is 6. The number of carbonyl (C=O) groups is 2. The Morgan fingerprint density at radius 3 is 2.53 bits per heavy atom. The Bertz CT molecular complexity index is 2180. The van der Waals surface area contributed by atoms with Gasteiger partial charge in [0.1, 0.15) is 11.3 Å². The van der Waals surface area contributed by atoms with Gasteiger partial charge in [-0.15, -0.1) is 0 Å². The largest absolute Gasteiger partial charge is 0.482 e. The van der Waals surface area contributed by atoms with Crippen molar-refractivity contribution in [3.05, 3.63) is 122 Å². The van der Waals surface area contributed by atoms with E-state index in [-0.39, 0.29) is 24.3 Å². The van der Waals surface area contributed by atoms with Gasteiger partial charge in [0.15, 0.2) is 17.8 Å². The molecule has 4 atom stereocenters. The van der Waals surface area contributed by atoms with Crippen molar-refractivity contribution < 1.29 is 33.0 Å². The van der Waals surface area contributed by atoms with Crippen LogP contribution in [0.1, 0.15) is 85.9 Å². The first-order valence-electron chi connectivity index (χ1n) is 18.6. The summed E-state index contributed by atoms with van der Waals surface area (Å²) in [4.78, 5) is 42.0. The molecule has 1 aromatic heterocycles. The first kappa shape index (κ1) is 36.2. The molecule has 5 bridgehead atoms. The number of ether oxygens (including phenoxy) is 4. The highest BCUT2D eigenvalue weighted by atomic mass is 16.6. The van der Waals surface area contributed by atoms with Crippen LogP contribution in [0.25, 0.3) is 11.0 Å². The van der Waals surface area contributed by atoms with Crippen LogP contribution in [-0.2, 0) is 55.9 Å². The molecule has 7 rings (SSSR count). The molecule has 0 spiro atoms. The van der Waals surface area contributed by atoms with Gasteiger partial charge in [0, 0.05) is 42.9 Å². The van der Waals surface area contributed by atoms with Gasteiger partial charge < -0.3 is 23.4 Å². The molecule has 0 fully saturated rings. The molecule has 0 saturated heterocycles. The number of aryl methyl sites for hydroxylation is 2. The van der Waals surface area contributed by atoms with Crippen LogP contribution in [0.4, 0.5) is 0 Å². The zero-order chi connectivity index (χ0) is 37.1. The lowest BCUT2D eigenvalue weighted by Crippen LogP contribution is -2.54. The van der Waals surface area contributed by atoms with Gasteiger partial charge in [0.2, 0.25) is 0 Å². The fourth-order valence-corrected chi connectivity index (χ4v) is 7.83. The lowest BCUT2D eigenvalue weighted by molar-refractivity contribution is -0.190. The molecule has 274 valence electrons. The van der Waals surface area contributed by atoms with Crippen LogP contribution < -0.4 is 10.4 Å². The number of benzene rings is 3. The van der Waals surface area contributed by atoms with Crippen LogP contribution in [0.15, 0.2) is 87.1 Å². The Hall–Kier alpha value is -5.13. The first-order chi connectivity index (χ1) is 25.6. The van der Waals surface area contributed by atoms with E-state index >= 15 is 0 Å². The monoisotopic (exact) mass is 714 g/mol. The third-order valence-electron chi connectivity index (χ3n) is 10.8. The highest BCUT2D eigenvalue weighted by molar-refractivity contribution is 5.90. The summed E-state index contributed by atoms with van der Waals surface area (Å²) in [6, 6.07) is 22.2. The summed E-state index contributed by atoms with van der Waals surface area (Å²) in [6.45, 7) is 6.00. The Kier molecular flexibility index (Phi) is 10.6. The molecule has 4 aromatic rings. The highest BCUT2D eigenvalue weighted by Gasteiger charge is 2.53. The van der Waals surface area contributed by atoms with E-state index in [1.54, 1.807) is 19.2 Å². The van der Waals surface area contributed by atoms with Crippen LogP contribution in [0, 0.1) is 17.8 Å². The molecule has 0 radical (unpaired) electrons. The second-order valence-electron chi connectivity index (χ2n) is 14.9. The number of hydrogen-bond acceptors (Lipinski definition) is 8. The van der Waals surface area contributed by atoms with Crippen LogP contribution in [0.5, 0.6) is 5.75 Å². The maximum absolute atomic E-state index is 14.4. The van der Waals surface area contributed by atoms with E-state index in [2.05, 4.69) is 42.2 Å². The molecule has 53 heavy (non-hydrogen) atoms. The quantitative estimate of drug-likeness (QED) is 0.0866. The number of methoxy groups -OCH3 is 1. The molecule has 3 aliphatic rings. The predicted molar refractivity (Wildman–Crippen MR) is 202 cm³/mol. The SMILES string of the molecule is COCCc1cc2ccc3c(c2oc1=O)[C@H]1OC(=O)C[C@@H](CCc2ccccc2)Cc2ccc4cc2CC#CC[C@@](C)(O3)[C@H]1OC(=O)C(=C(C)C)CC4. The van der Waals surface area contributed by atoms with Crippen LogP contribution in [0.2, 0.25) is 0 Å². The number of carbonyl (C=O) groups excluding carboxylic acids is 2. The molecular formula is C45H46O8. The van der Waals surface area contributed by atoms with Gasteiger partial charge in [-0.25, -0.2) is 9.59 Å². The maximum Gasteiger partial charge on any atom is 0.339 e. The second kappa shape index (κ2) is 15.5. The summed E-state index contributed by atoms with van der Waals surface area (Å²) >= 11 is 0. The Labute approximate surface area is 310 Å². The lowest BCUT2D eigenvalue weighted by atomic mass is 9.83. The van der Waals surface area contributed by atoms with E-state index in [9.17, 15) is 14.4 Å². The molecule has 0 unspecified atom stereocenters. The summed E-state index contributed by atoms with van der Waals surface area (Å²) in [6.07, 6.45) is 2.35. The van der Waals surface area contributed by atoms with Gasteiger partial charge >= 0.3 is 17.6 Å². The standard InChI is InChI=1S/C45H46O8/c1-28(2)36-19-16-30-15-17-33-25-31(14-13-29-10-6-5-7-11-29)26-38(46)50-41-39-37(20-18-34-27-35(21-23-49-4)43(47)51-40(34)39)53-45(3,42(41)52-44(36)48)22-9-8-12-32(33)24-30/h5-7,10-11,15,17-18,20,24,27,31,41-42H,12-14,16,19,21-23,25-26H2,1-4H3/t31-,41+,42-,45+/m0/s1. The highest BCUT2D eigenvalue weighted by Crippen LogP contribution is 2.48. The number of esters is 2. The van der Waals surface area contributed by atoms with Gasteiger partial charge in [0.25, 0.3) is 0 Å². The molecule has 3 aromatic carbocycles. The van der Waals surface area contributed by atoms with Crippen molar-refractivity contribution in [2.75, 3.05) is 13.7 Å². The first-order valence-corrected chi connectivity index (χ1v) is 18.6. The summed E-state index contributed by atoms with van der Waals surface area (Å²) in [5.74, 6) is 6.13. The van der Waals surface area contributed by atoms with Gasteiger partial charge in [-0.2, -0.15) is 0 Å². The maximum atomic E-state index is 14.4. The molecule has 0 saturated carbocycles. The third kappa shape index (κ3) is 7.82. The van der Waals surface area contributed by atoms with Crippen molar-refractivity contribution in [1.29, 1.82) is 0 Å². The van der Waals surface area contributed by atoms with Gasteiger partial charge in [-0.1, -0.05) is 65.9 Å². The summed E-state index contributed by atoms with van der Waals surface area (Å²) in [5, 5.41) is 0.630. The molecule has 0 amide bonds. The molecule has 0 N–H and O–H groups in total. The Morgan fingerprint density at radius 2 is 1.74 bits per heavy atom. The van der Waals surface area contributed by atoms with E-state index in [1.807, 2.05) is 45.0 Å². The second-order valence-corrected chi connectivity index (χ2v) is 14.9. The lowest BCUT2D eigenvalue weighted by Gasteiger charge is -2.44. The predicted octanol–water partition coefficient (Wildman–Crippen LogP) is 7.74. The van der Waals surface area contributed by atoms with Crippen molar-refractivity contribution in [2.24, 2.45) is 5.92 Å². The molecule has 4 heterocycles. The Balaban J connectivity index is 1.40. The minimum atomic E-state index is -1.22. The van der Waals surface area contributed by atoms with Gasteiger partial charge in [-0.05, 0) is 99.2 Å². The number of fused-ring (bicyclic) bond motifs is 7. The van der Waals surface area contributed by atoms with E-state index in [4.69, 9.17) is 23.4 Å². The zero-order valence-corrected chi connectivity index (χ0v) is 30.9. The van der Waals surface area contributed by atoms with Crippen LogP contribution in [0.3, 0.4) is 0 Å². The molecule has 0 aliphatic carbocycles. The minimum Gasteiger partial charge on any atom is -0.482 e. The Morgan fingerprint density at radius 1 is 0.906 bits per heavy atom. The normalized spacial score (nSPS) is 22.7. The molecule has 3 aliphatic heterocycles. The fourth-order valence-electron chi connectivity index (χ4n) is 7.83. The summed E-state index contributed by atoms with van der Waals surface area (Å²) in [7, 11) is 1.58. The van der Waals surface area contributed by atoms with Crippen molar-refractivity contribution in [3.63, 3.8) is 0 Å². The topological polar surface area (TPSA) is 101 Å². The van der Waals surface area contributed by atoms with Crippen LogP contribution in [-0.4, -0.2) is 37.4 Å². The molecular weight excluding hydrogens is 668 g/mol. The minimum absolute atomic E-state index is 0.0473. The van der Waals surface area contributed by atoms with Gasteiger partial charge in [0.05, 0.1) is 18.6 Å². The van der Waals surface area contributed by atoms with Crippen LogP contribution >= 0.6 is 0 Å². The summed E-state index contributed by atoms with van der Waals surface area (Å²) in [5.41, 5.74) is 5.31. The zero-order valence-electron chi connectivity index (χ0n) is 30.9. The van der Waals surface area contributed by atoms with E-state index in [1.165, 1.54) is 5.56 Å². The van der Waals surface area contributed by atoms with Crippen molar-refractivity contribution in [2.45, 2.75) is 96.4 Å². The fraction of sp³-hybridized carbons (Fsp3) is 0.400. The van der Waals surface area contributed by atoms with Crippen molar-refractivity contribution in [3.8, 4) is 17.6 Å². The number of hydrogen-bond donors (Lipinski definition) is 0. The molecule has 8 nitrogen and oxygen atoms in total. The van der Waals surface area contributed by atoms with Crippen molar-refractivity contribution in [1.82, 2.24) is 0 Å². The average Bonchev–Trinajstić information content (AvgIpc) is 3.13. The average molecular weight is 715 g/mol. The summed E-state index contributed by atoms with van der Waals surface area (Å²) < 4.78 is 31.0. The van der Waals surface area contributed by atoms with E-state index < -0.39 is 35.4 Å². The van der Waals surface area contributed by atoms with E-state index in [0.29, 0.717) is 66.5 Å². The van der Waals surface area contributed by atoms with Gasteiger partial charge in [-0.3, -0.25) is 4.79 Å². The molecule has 8 heteroatoms.